The van der Waals surface area contributed by atoms with Crippen molar-refractivity contribution >= 4 is 16.0 Å². The molecule has 3 rings (SSSR count). The zero-order chi connectivity index (χ0) is 18.7. The summed E-state index contributed by atoms with van der Waals surface area (Å²) < 4.78 is 37.5. The Kier molecular flexibility index (Phi) is 5.41. The molecule has 0 N–H and O–H groups in total. The van der Waals surface area contributed by atoms with Crippen molar-refractivity contribution in [3.8, 4) is 5.75 Å². The van der Waals surface area contributed by atoms with Gasteiger partial charge in [0.05, 0.1) is 23.7 Å². The zero-order valence-electron chi connectivity index (χ0n) is 14.8. The summed E-state index contributed by atoms with van der Waals surface area (Å²) in [4.78, 5) is 12.5. The summed E-state index contributed by atoms with van der Waals surface area (Å²) in [6.07, 6.45) is 0. The summed E-state index contributed by atoms with van der Waals surface area (Å²) in [6.45, 7) is 5.16. The van der Waals surface area contributed by atoms with E-state index in [1.165, 1.54) is 16.4 Å². The van der Waals surface area contributed by atoms with E-state index in [2.05, 4.69) is 0 Å². The first kappa shape index (κ1) is 18.6. The van der Waals surface area contributed by atoms with Crippen molar-refractivity contribution in [1.29, 1.82) is 0 Å². The summed E-state index contributed by atoms with van der Waals surface area (Å²) in [6, 6.07) is 11.4. The Hall–Kier alpha value is -2.22. The fraction of sp³-hybridized carbons (Fsp3) is 0.316. The van der Waals surface area contributed by atoms with E-state index in [1.807, 2.05) is 26.0 Å². The first-order chi connectivity index (χ1) is 12.4. The van der Waals surface area contributed by atoms with E-state index in [0.29, 0.717) is 32.1 Å². The van der Waals surface area contributed by atoms with Gasteiger partial charge in [0.25, 0.3) is 0 Å². The van der Waals surface area contributed by atoms with Crippen LogP contribution in [-0.4, -0.2) is 45.0 Å². The Morgan fingerprint density at radius 3 is 2.50 bits per heavy atom. The van der Waals surface area contributed by atoms with Gasteiger partial charge in [-0.05, 0) is 43.7 Å². The van der Waals surface area contributed by atoms with E-state index in [-0.39, 0.29) is 10.5 Å². The number of morpholine rings is 1. The highest BCUT2D eigenvalue weighted by Crippen LogP contribution is 2.22. The van der Waals surface area contributed by atoms with Gasteiger partial charge in [0, 0.05) is 13.1 Å². The van der Waals surface area contributed by atoms with Crippen LogP contribution in [0.2, 0.25) is 0 Å². The molecule has 1 saturated heterocycles. The number of aryl methyl sites for hydroxylation is 2. The van der Waals surface area contributed by atoms with Gasteiger partial charge in [-0.15, -0.1) is 0 Å². The van der Waals surface area contributed by atoms with Gasteiger partial charge in [-0.3, -0.25) is 0 Å². The van der Waals surface area contributed by atoms with Crippen molar-refractivity contribution in [1.82, 2.24) is 4.31 Å². The van der Waals surface area contributed by atoms with Crippen LogP contribution < -0.4 is 4.74 Å². The number of rotatable bonds is 4. The minimum atomic E-state index is -3.66. The van der Waals surface area contributed by atoms with E-state index in [9.17, 15) is 13.2 Å². The molecule has 1 fully saturated rings. The number of sulfonamides is 1. The van der Waals surface area contributed by atoms with E-state index < -0.39 is 16.0 Å². The number of ether oxygens (including phenoxy) is 2. The lowest BCUT2D eigenvalue weighted by molar-refractivity contribution is 0.0726. The molecule has 1 heterocycles. The number of nitrogens with zero attached hydrogens (tertiary/aromatic N) is 1. The maximum absolute atomic E-state index is 12.7. The van der Waals surface area contributed by atoms with Crippen LogP contribution in [-0.2, 0) is 14.8 Å². The average Bonchev–Trinajstić information content (AvgIpc) is 2.65. The average molecular weight is 375 g/mol. The number of benzene rings is 2. The quantitative estimate of drug-likeness (QED) is 0.607. The van der Waals surface area contributed by atoms with Crippen LogP contribution in [0, 0.1) is 13.8 Å². The molecule has 0 amide bonds. The second-order valence-corrected chi connectivity index (χ2v) is 8.14. The van der Waals surface area contributed by atoms with Crippen molar-refractivity contribution < 1.29 is 22.7 Å². The fourth-order valence-corrected chi connectivity index (χ4v) is 4.25. The van der Waals surface area contributed by atoms with Crippen molar-refractivity contribution in [3.05, 3.63) is 59.2 Å². The standard InChI is InChI=1S/C19H21NO5S/c1-14-6-7-18(15(2)12-14)25-19(21)16-4-3-5-17(13-16)26(22,23)20-8-10-24-11-9-20/h3-7,12-13H,8-11H2,1-2H3. The number of esters is 1. The van der Waals surface area contributed by atoms with Crippen LogP contribution >= 0.6 is 0 Å². The lowest BCUT2D eigenvalue weighted by Crippen LogP contribution is -2.40. The number of carbonyl (C=O) groups excluding carboxylic acids is 1. The van der Waals surface area contributed by atoms with Crippen molar-refractivity contribution in [2.24, 2.45) is 0 Å². The zero-order valence-corrected chi connectivity index (χ0v) is 15.6. The van der Waals surface area contributed by atoms with E-state index in [1.54, 1.807) is 18.2 Å². The molecular formula is C19H21NO5S. The number of carbonyl (C=O) groups is 1. The van der Waals surface area contributed by atoms with Gasteiger partial charge in [-0.1, -0.05) is 23.8 Å². The Balaban J connectivity index is 1.83. The van der Waals surface area contributed by atoms with Crippen LogP contribution in [0.5, 0.6) is 5.75 Å². The molecule has 138 valence electrons. The predicted octanol–water partition coefficient (Wildman–Crippen LogP) is 2.54. The summed E-state index contributed by atoms with van der Waals surface area (Å²) in [5.74, 6) is -0.127. The van der Waals surface area contributed by atoms with Gasteiger partial charge in [-0.2, -0.15) is 4.31 Å². The van der Waals surface area contributed by atoms with Crippen LogP contribution in [0.15, 0.2) is 47.4 Å². The molecule has 0 spiro atoms. The molecule has 0 radical (unpaired) electrons. The first-order valence-electron chi connectivity index (χ1n) is 8.35. The van der Waals surface area contributed by atoms with Gasteiger partial charge in [-0.25, -0.2) is 13.2 Å². The monoisotopic (exact) mass is 375 g/mol. The summed E-state index contributed by atoms with van der Waals surface area (Å²) in [7, 11) is -3.66. The largest absolute Gasteiger partial charge is 0.423 e. The first-order valence-corrected chi connectivity index (χ1v) is 9.79. The van der Waals surface area contributed by atoms with Crippen LogP contribution in [0.1, 0.15) is 21.5 Å². The molecule has 26 heavy (non-hydrogen) atoms. The normalized spacial score (nSPS) is 15.6. The molecular weight excluding hydrogens is 354 g/mol. The molecule has 1 aliphatic heterocycles. The molecule has 0 aliphatic carbocycles. The van der Waals surface area contributed by atoms with Gasteiger partial charge in [0.15, 0.2) is 0 Å². The Labute approximate surface area is 153 Å². The summed E-state index contributed by atoms with van der Waals surface area (Å²) in [5, 5.41) is 0. The molecule has 2 aromatic rings. The van der Waals surface area contributed by atoms with Crippen molar-refractivity contribution in [3.63, 3.8) is 0 Å². The van der Waals surface area contributed by atoms with Crippen molar-refractivity contribution in [2.75, 3.05) is 26.3 Å². The summed E-state index contributed by atoms with van der Waals surface area (Å²) in [5.41, 5.74) is 2.11. The minimum Gasteiger partial charge on any atom is -0.423 e. The topological polar surface area (TPSA) is 72.9 Å². The maximum atomic E-state index is 12.7. The van der Waals surface area contributed by atoms with Crippen molar-refractivity contribution in [2.45, 2.75) is 18.7 Å². The summed E-state index contributed by atoms with van der Waals surface area (Å²) >= 11 is 0. The van der Waals surface area contributed by atoms with Gasteiger partial charge >= 0.3 is 5.97 Å². The van der Waals surface area contributed by atoms with Crippen LogP contribution in [0.4, 0.5) is 0 Å². The molecule has 1 aliphatic rings. The van der Waals surface area contributed by atoms with Gasteiger partial charge < -0.3 is 9.47 Å². The highest BCUT2D eigenvalue weighted by Gasteiger charge is 2.27. The molecule has 0 unspecified atom stereocenters. The molecule has 7 heteroatoms. The highest BCUT2D eigenvalue weighted by molar-refractivity contribution is 7.89. The van der Waals surface area contributed by atoms with Gasteiger partial charge in [0.2, 0.25) is 10.0 Å². The fourth-order valence-electron chi connectivity index (χ4n) is 2.79. The van der Waals surface area contributed by atoms with E-state index in [4.69, 9.17) is 9.47 Å². The van der Waals surface area contributed by atoms with Gasteiger partial charge in [0.1, 0.15) is 5.75 Å². The molecule has 0 atom stereocenters. The smallest absolute Gasteiger partial charge is 0.343 e. The second-order valence-electron chi connectivity index (χ2n) is 6.20. The minimum absolute atomic E-state index is 0.0782. The number of hydrogen-bond donors (Lipinski definition) is 0. The molecule has 2 aromatic carbocycles. The Bertz CT molecular complexity index is 917. The van der Waals surface area contributed by atoms with E-state index in [0.717, 1.165) is 11.1 Å². The third-order valence-corrected chi connectivity index (χ3v) is 6.11. The lowest BCUT2D eigenvalue weighted by atomic mass is 10.1. The highest BCUT2D eigenvalue weighted by atomic mass is 32.2. The Morgan fingerprint density at radius 1 is 1.08 bits per heavy atom. The number of hydrogen-bond acceptors (Lipinski definition) is 5. The maximum Gasteiger partial charge on any atom is 0.343 e. The second kappa shape index (κ2) is 7.57. The van der Waals surface area contributed by atoms with Crippen LogP contribution in [0.25, 0.3) is 0 Å². The Morgan fingerprint density at radius 2 is 1.81 bits per heavy atom. The SMILES string of the molecule is Cc1ccc(OC(=O)c2cccc(S(=O)(=O)N3CCOCC3)c2)c(C)c1. The molecule has 0 bridgehead atoms. The van der Waals surface area contributed by atoms with E-state index >= 15 is 0 Å². The predicted molar refractivity (Wildman–Crippen MR) is 96.9 cm³/mol. The van der Waals surface area contributed by atoms with Crippen LogP contribution in [0.3, 0.4) is 0 Å². The molecule has 6 nitrogen and oxygen atoms in total. The third kappa shape index (κ3) is 3.95. The lowest BCUT2D eigenvalue weighted by Gasteiger charge is -2.26. The molecule has 0 saturated carbocycles. The molecule has 0 aromatic heterocycles. The third-order valence-electron chi connectivity index (χ3n) is 4.21.